The number of hydrogen-bond donors (Lipinski definition) is 0. The minimum Gasteiger partial charge on any atom is -0.202 e. The first-order valence-electron chi connectivity index (χ1n) is 4.03. The highest BCUT2D eigenvalue weighted by molar-refractivity contribution is 5.21. The average molecular weight is 308 g/mol. The molecule has 19 heavy (non-hydrogen) atoms. The van der Waals surface area contributed by atoms with Gasteiger partial charge < -0.3 is 0 Å². The van der Waals surface area contributed by atoms with Gasteiger partial charge in [-0.15, -0.1) is 0 Å². The van der Waals surface area contributed by atoms with Gasteiger partial charge in [0.25, 0.3) is 0 Å². The van der Waals surface area contributed by atoms with Crippen molar-refractivity contribution in [1.82, 2.24) is 0 Å². The van der Waals surface area contributed by atoms with E-state index in [1.807, 2.05) is 6.58 Å². The zero-order valence-electron chi connectivity index (χ0n) is 8.44. The Morgan fingerprint density at radius 3 is 1.37 bits per heavy atom. The van der Waals surface area contributed by atoms with Gasteiger partial charge in [0.2, 0.25) is 11.7 Å². The molecule has 0 radical (unpaired) electrons. The summed E-state index contributed by atoms with van der Waals surface area (Å²) in [5.74, 6) is -27.7. The van der Waals surface area contributed by atoms with Crippen molar-refractivity contribution >= 4 is 0 Å². The number of rotatable bonds is 4. The highest BCUT2D eigenvalue weighted by atomic mass is 19.4. The molecule has 0 N–H and O–H groups in total. The molecule has 0 amide bonds. The fourth-order valence-corrected chi connectivity index (χ4v) is 0.738. The summed E-state index contributed by atoms with van der Waals surface area (Å²) in [4.78, 5) is 0. The van der Waals surface area contributed by atoms with Crippen molar-refractivity contribution in [1.29, 1.82) is 0 Å². The Bertz CT molecular complexity index is 386. The molecule has 0 aromatic rings. The van der Waals surface area contributed by atoms with E-state index in [4.69, 9.17) is 0 Å². The first-order valence-corrected chi connectivity index (χ1v) is 4.03. The van der Waals surface area contributed by atoms with Crippen molar-refractivity contribution in [3.63, 3.8) is 0 Å². The molecule has 0 atom stereocenters. The highest BCUT2D eigenvalue weighted by Crippen LogP contribution is 2.51. The topological polar surface area (TPSA) is 0 Å². The van der Waals surface area contributed by atoms with Gasteiger partial charge in [-0.2, -0.15) is 43.9 Å². The molecule has 0 aromatic carbocycles. The van der Waals surface area contributed by atoms with Crippen molar-refractivity contribution in [2.45, 2.75) is 23.9 Å². The van der Waals surface area contributed by atoms with Crippen LogP contribution >= 0.6 is 0 Å². The summed E-state index contributed by atoms with van der Waals surface area (Å²) in [5.41, 5.74) is 0. The minimum absolute atomic E-state index is 1.03. The van der Waals surface area contributed by atoms with Crippen molar-refractivity contribution < 1.29 is 48.3 Å². The van der Waals surface area contributed by atoms with Gasteiger partial charge in [0.05, 0.1) is 0 Å². The molecule has 0 spiro atoms. The van der Waals surface area contributed by atoms with Crippen molar-refractivity contribution in [2.75, 3.05) is 0 Å². The third kappa shape index (κ3) is 2.84. The van der Waals surface area contributed by atoms with Crippen molar-refractivity contribution in [3.8, 4) is 0 Å². The average Bonchev–Trinajstić information content (AvgIpc) is 2.24. The van der Waals surface area contributed by atoms with Crippen LogP contribution in [0.4, 0.5) is 48.3 Å². The molecule has 0 bridgehead atoms. The van der Waals surface area contributed by atoms with Crippen LogP contribution in [0.5, 0.6) is 0 Å². The lowest BCUT2D eigenvalue weighted by atomic mass is 10.0. The van der Waals surface area contributed by atoms with Crippen LogP contribution in [0, 0.1) is 0 Å². The van der Waals surface area contributed by atoms with Crippen LogP contribution in [0.1, 0.15) is 0 Å². The van der Waals surface area contributed by atoms with E-state index >= 15 is 0 Å². The van der Waals surface area contributed by atoms with Gasteiger partial charge in [0, 0.05) is 0 Å². The number of halogens is 11. The Hall–Kier alpha value is -1.29. The standard InChI is InChI=1S/C8H3F11/c1-2-5(11,12)8(18,19)6(13,14)3(9)4(10)7(15,16)17/h2H,1H2/b4-3+. The molecular weight excluding hydrogens is 305 g/mol. The fourth-order valence-electron chi connectivity index (χ4n) is 0.738. The lowest BCUT2D eigenvalue weighted by molar-refractivity contribution is -0.284. The maximum atomic E-state index is 12.6. The Labute approximate surface area is 97.7 Å². The minimum atomic E-state index is -6.72. The quantitative estimate of drug-likeness (QED) is 0.517. The van der Waals surface area contributed by atoms with E-state index in [9.17, 15) is 48.3 Å². The number of hydrogen-bond acceptors (Lipinski definition) is 0. The second-order valence-corrected chi connectivity index (χ2v) is 3.10. The molecule has 0 aromatic heterocycles. The summed E-state index contributed by atoms with van der Waals surface area (Å²) >= 11 is 0. The van der Waals surface area contributed by atoms with Crippen LogP contribution in [0.3, 0.4) is 0 Å². The van der Waals surface area contributed by atoms with E-state index in [1.165, 1.54) is 0 Å². The van der Waals surface area contributed by atoms with Crippen molar-refractivity contribution in [2.24, 2.45) is 0 Å². The molecule has 0 fully saturated rings. The smallest absolute Gasteiger partial charge is 0.202 e. The van der Waals surface area contributed by atoms with Gasteiger partial charge in [-0.25, -0.2) is 4.39 Å². The van der Waals surface area contributed by atoms with E-state index in [0.29, 0.717) is 0 Å². The van der Waals surface area contributed by atoms with E-state index in [-0.39, 0.29) is 0 Å². The SMILES string of the molecule is C=CC(F)(F)C(F)(F)C(F)(F)/C(F)=C(\F)C(F)(F)F. The second kappa shape index (κ2) is 4.67. The molecular formula is C8H3F11. The number of alkyl halides is 9. The predicted octanol–water partition coefficient (Wildman–Crippen LogP) is 4.79. The zero-order chi connectivity index (χ0) is 15.9. The lowest BCUT2D eigenvalue weighted by Gasteiger charge is -2.30. The van der Waals surface area contributed by atoms with Gasteiger partial charge in [0.1, 0.15) is 0 Å². The second-order valence-electron chi connectivity index (χ2n) is 3.10. The third-order valence-corrected chi connectivity index (χ3v) is 1.79. The first-order chi connectivity index (χ1) is 8.13. The molecule has 0 saturated carbocycles. The Morgan fingerprint density at radius 1 is 0.737 bits per heavy atom. The van der Waals surface area contributed by atoms with Gasteiger partial charge in [-0.3, -0.25) is 0 Å². The fraction of sp³-hybridized carbons (Fsp3) is 0.500. The maximum absolute atomic E-state index is 12.6. The van der Waals surface area contributed by atoms with Crippen LogP contribution in [0.15, 0.2) is 24.3 Å². The molecule has 0 heterocycles. The number of allylic oxidation sites excluding steroid dienone is 3. The summed E-state index contributed by atoms with van der Waals surface area (Å²) in [6, 6.07) is 0. The van der Waals surface area contributed by atoms with E-state index in [2.05, 4.69) is 0 Å². The van der Waals surface area contributed by atoms with Crippen LogP contribution in [0.2, 0.25) is 0 Å². The normalized spacial score (nSPS) is 16.2. The maximum Gasteiger partial charge on any atom is 0.445 e. The van der Waals surface area contributed by atoms with Crippen LogP contribution < -0.4 is 0 Å². The van der Waals surface area contributed by atoms with Crippen LogP contribution in [0.25, 0.3) is 0 Å². The van der Waals surface area contributed by atoms with Gasteiger partial charge in [0.15, 0.2) is 0 Å². The summed E-state index contributed by atoms with van der Waals surface area (Å²) in [7, 11) is 0. The molecule has 0 aliphatic rings. The Balaban J connectivity index is 5.96. The summed E-state index contributed by atoms with van der Waals surface area (Å²) in [6.07, 6.45) is -7.40. The zero-order valence-corrected chi connectivity index (χ0v) is 8.44. The molecule has 112 valence electrons. The molecule has 0 nitrogen and oxygen atoms in total. The molecule has 0 unspecified atom stereocenters. The molecule has 0 aliphatic carbocycles. The molecule has 0 rings (SSSR count). The van der Waals surface area contributed by atoms with Crippen LogP contribution in [-0.2, 0) is 0 Å². The van der Waals surface area contributed by atoms with E-state index < -0.39 is 41.7 Å². The van der Waals surface area contributed by atoms with Gasteiger partial charge in [-0.1, -0.05) is 6.58 Å². The first kappa shape index (κ1) is 17.7. The Kier molecular flexibility index (Phi) is 4.36. The van der Waals surface area contributed by atoms with Gasteiger partial charge in [-0.05, 0) is 6.08 Å². The summed E-state index contributed by atoms with van der Waals surface area (Å²) in [6.45, 7) is 2.05. The van der Waals surface area contributed by atoms with Crippen LogP contribution in [-0.4, -0.2) is 23.9 Å². The van der Waals surface area contributed by atoms with Gasteiger partial charge >= 0.3 is 23.9 Å². The lowest BCUT2D eigenvalue weighted by Crippen LogP contribution is -2.53. The predicted molar refractivity (Wildman–Crippen MR) is 40.3 cm³/mol. The third-order valence-electron chi connectivity index (χ3n) is 1.79. The summed E-state index contributed by atoms with van der Waals surface area (Å²) in [5, 5.41) is 0. The molecule has 0 saturated heterocycles. The molecule has 0 aliphatic heterocycles. The van der Waals surface area contributed by atoms with Crippen molar-refractivity contribution in [3.05, 3.63) is 24.3 Å². The van der Waals surface area contributed by atoms with E-state index in [1.54, 1.807) is 0 Å². The Morgan fingerprint density at radius 2 is 1.11 bits per heavy atom. The monoisotopic (exact) mass is 308 g/mol. The van der Waals surface area contributed by atoms with E-state index in [0.717, 1.165) is 0 Å². The summed E-state index contributed by atoms with van der Waals surface area (Å²) < 4.78 is 134. The molecule has 11 heteroatoms. The largest absolute Gasteiger partial charge is 0.445 e. The highest BCUT2D eigenvalue weighted by Gasteiger charge is 2.73.